The minimum Gasteiger partial charge on any atom is -0.508 e. The Hall–Kier alpha value is -14.8. The van der Waals surface area contributed by atoms with Crippen molar-refractivity contribution in [3.05, 3.63) is 361 Å². The molecule has 1 aliphatic carbocycles. The van der Waals surface area contributed by atoms with E-state index in [4.69, 9.17) is 23.9 Å². The molecule has 129 heavy (non-hydrogen) atoms. The number of nitrogens with one attached hydrogen (secondary N) is 3. The van der Waals surface area contributed by atoms with E-state index in [0.717, 1.165) is 146 Å². The number of phenols is 1. The van der Waals surface area contributed by atoms with Crippen molar-refractivity contribution in [2.75, 3.05) is 89.5 Å². The van der Waals surface area contributed by atoms with Gasteiger partial charge in [-0.05, 0) is 126 Å². The van der Waals surface area contributed by atoms with Crippen LogP contribution in [-0.4, -0.2) is 181 Å². The van der Waals surface area contributed by atoms with Crippen molar-refractivity contribution in [3.63, 3.8) is 0 Å². The van der Waals surface area contributed by atoms with Crippen LogP contribution in [0.1, 0.15) is 70.1 Å². The number of rotatable bonds is 27. The van der Waals surface area contributed by atoms with Crippen molar-refractivity contribution < 1.29 is 55.3 Å². The smallest absolute Gasteiger partial charge is 0.269 e. The summed E-state index contributed by atoms with van der Waals surface area (Å²) in [5.74, 6) is 0.577. The molecule has 0 unspecified atom stereocenters. The number of fused-ring (bicyclic) bond motifs is 3. The molecule has 652 valence electrons. The van der Waals surface area contributed by atoms with Crippen LogP contribution in [0, 0.1) is 13.8 Å². The fourth-order valence-electron chi connectivity index (χ4n) is 15.2. The Balaban J connectivity index is 0.000000137. The van der Waals surface area contributed by atoms with Gasteiger partial charge in [-0.15, -0.1) is 0 Å². The molecule has 3 aliphatic rings. The van der Waals surface area contributed by atoms with E-state index in [1.54, 1.807) is 106 Å². The molecule has 2 fully saturated rings. The van der Waals surface area contributed by atoms with Crippen LogP contribution in [-0.2, 0) is 55.6 Å². The zero-order valence-electron chi connectivity index (χ0n) is 70.7. The summed E-state index contributed by atoms with van der Waals surface area (Å²) in [6.45, 7) is 15.0. The number of carbonyl (C=O) groups excluding carboxylic acids is 3. The minimum absolute atomic E-state index is 0.0863. The van der Waals surface area contributed by atoms with Crippen LogP contribution < -0.4 is 25.4 Å². The van der Waals surface area contributed by atoms with Crippen molar-refractivity contribution in [2.24, 2.45) is 0 Å². The summed E-state index contributed by atoms with van der Waals surface area (Å²) in [5, 5.41) is 32.7. The first kappa shape index (κ1) is 86.3. The van der Waals surface area contributed by atoms with E-state index in [2.05, 4.69) is 63.1 Å². The minimum atomic E-state index is -4.04. The SMILES string of the molecule is Cc1ccc(S(=O)(=O)n2cc(NC(=O)c3cnn(Cc4ccccc4)c3)c3cc(-c4cccc(O)c4)cnc32)cc1.Cc1ccc(S(=O)(=O)n2cc(NC(=O)c3cnn(Cc4ccccc4)c3)c3cc(-c4cccc(OCCN5CCOCC5)c4)cnc32)cc1.O=C(NC1=CCc2ncc(-c3cccc(OCCN4CCOCC4)c3)cc21)c1cnn(Cc2ccccc2)c1. The number of hydrogen-bond acceptors (Lipinski definition) is 20. The molecule has 2 saturated heterocycles. The standard InChI is InChI=1S/C37H36N6O5S.C31H25N5O4S.C31H31N5O3/c1-27-10-12-33(13-11-27)49(45,46)43-26-35(40-37(44)31-23-39-42(25-31)24-28-6-3-2-4-7-28)34-21-30(22-38-36(34)43)29-8-5-9-32(20-29)48-19-16-41-14-17-47-18-15-41;1-21-10-12-27(13-11-21)41(39,40)36-20-29(28-15-24(16-32-30(28)36)23-8-5-9-26(37)14-23)34-31(38)25-17-33-35(19-25)18-22-6-3-2-4-7-22;37-31(26-20-33-36(22-26)21-23-5-2-1-3-6-23)34-30-10-9-29-28(30)18-25(19-32-29)24-7-4-8-27(17-24)39-16-13-35-11-14-38-15-12-35/h2-13,20-23,25-26H,14-19,24H2,1H3,(H,40,44);2-17,19-20,37H,18H2,1H3,(H,34,38);1-8,10,17-20,22H,9,11-16,21H2,(H,34,37). The highest BCUT2D eigenvalue weighted by Crippen LogP contribution is 2.37. The lowest BCUT2D eigenvalue weighted by Gasteiger charge is -2.26. The highest BCUT2D eigenvalue weighted by atomic mass is 32.2. The number of aryl methyl sites for hydroxylation is 2. The predicted octanol–water partition coefficient (Wildman–Crippen LogP) is 14.9. The van der Waals surface area contributed by atoms with Gasteiger partial charge < -0.3 is 40.0 Å². The normalized spacial score (nSPS) is 13.5. The Labute approximate surface area is 745 Å². The van der Waals surface area contributed by atoms with Crippen LogP contribution in [0.5, 0.6) is 17.2 Å². The second-order valence-electron chi connectivity index (χ2n) is 31.4. The number of ether oxygens (including phenoxy) is 4. The fourth-order valence-corrected chi connectivity index (χ4v) is 17.9. The average Bonchev–Trinajstić information content (AvgIpc) is 1.61. The number of aromatic hydroxyl groups is 1. The number of amides is 3. The van der Waals surface area contributed by atoms with Gasteiger partial charge in [0.2, 0.25) is 0 Å². The number of anilines is 2. The summed E-state index contributed by atoms with van der Waals surface area (Å²) in [6.07, 6.45) is 20.2. The molecule has 30 heteroatoms. The number of nitrogens with zero attached hydrogens (tertiary/aromatic N) is 13. The van der Waals surface area contributed by atoms with Gasteiger partial charge in [-0.2, -0.15) is 15.3 Å². The molecule has 0 atom stereocenters. The van der Waals surface area contributed by atoms with Gasteiger partial charge in [0.15, 0.2) is 11.3 Å². The highest BCUT2D eigenvalue weighted by Gasteiger charge is 2.29. The summed E-state index contributed by atoms with van der Waals surface area (Å²) >= 11 is 0. The Morgan fingerprint density at radius 1 is 0.411 bits per heavy atom. The summed E-state index contributed by atoms with van der Waals surface area (Å²) in [6, 6.07) is 70.9. The first-order valence-electron chi connectivity index (χ1n) is 42.2. The van der Waals surface area contributed by atoms with Crippen molar-refractivity contribution in [2.45, 2.75) is 49.7 Å². The van der Waals surface area contributed by atoms with Crippen molar-refractivity contribution >= 4 is 76.9 Å². The second-order valence-corrected chi connectivity index (χ2v) is 35.0. The van der Waals surface area contributed by atoms with Crippen molar-refractivity contribution in [1.82, 2.24) is 67.4 Å². The number of carbonyl (C=O) groups is 3. The summed E-state index contributed by atoms with van der Waals surface area (Å²) in [7, 11) is -8.07. The molecule has 0 spiro atoms. The molecule has 28 nitrogen and oxygen atoms in total. The van der Waals surface area contributed by atoms with Gasteiger partial charge in [0.05, 0.1) is 108 Å². The maximum atomic E-state index is 13.9. The number of phenolic OH excluding ortho intramolecular Hbond substituents is 1. The van der Waals surface area contributed by atoms with Crippen LogP contribution >= 0.6 is 0 Å². The number of morpholine rings is 2. The zero-order chi connectivity index (χ0) is 88.8. The highest BCUT2D eigenvalue weighted by molar-refractivity contribution is 7.90. The van der Waals surface area contributed by atoms with E-state index in [1.165, 1.54) is 43.1 Å². The van der Waals surface area contributed by atoms with Crippen LogP contribution in [0.2, 0.25) is 0 Å². The fraction of sp³-hybridized carbons (Fsp3) is 0.182. The largest absolute Gasteiger partial charge is 0.508 e. The number of pyridine rings is 3. The molecule has 8 aromatic carbocycles. The predicted molar refractivity (Wildman–Crippen MR) is 493 cm³/mol. The van der Waals surface area contributed by atoms with Crippen molar-refractivity contribution in [1.29, 1.82) is 0 Å². The van der Waals surface area contributed by atoms with E-state index >= 15 is 0 Å². The Kier molecular flexibility index (Phi) is 26.4. The first-order valence-corrected chi connectivity index (χ1v) is 45.1. The van der Waals surface area contributed by atoms with E-state index in [1.807, 2.05) is 172 Å². The number of hydrogen-bond donors (Lipinski definition) is 4. The Morgan fingerprint density at radius 3 is 1.22 bits per heavy atom. The molecule has 4 N–H and O–H groups in total. The van der Waals surface area contributed by atoms with Gasteiger partial charge in [-0.25, -0.2) is 34.7 Å². The van der Waals surface area contributed by atoms with E-state index in [9.17, 15) is 36.3 Å². The third kappa shape index (κ3) is 21.0. The molecule has 8 aromatic heterocycles. The first-order chi connectivity index (χ1) is 62.8. The van der Waals surface area contributed by atoms with Crippen LogP contribution in [0.3, 0.4) is 0 Å². The summed E-state index contributed by atoms with van der Waals surface area (Å²) < 4.78 is 85.4. The van der Waals surface area contributed by atoms with Gasteiger partial charge in [-0.3, -0.25) is 43.2 Å². The van der Waals surface area contributed by atoms with E-state index in [-0.39, 0.29) is 38.4 Å². The Bertz CT molecular complexity index is 6970. The molecule has 0 radical (unpaired) electrons. The van der Waals surface area contributed by atoms with Gasteiger partial charge in [-0.1, -0.05) is 169 Å². The quantitative estimate of drug-likeness (QED) is 0.0372. The van der Waals surface area contributed by atoms with Gasteiger partial charge in [0, 0.05) is 134 Å². The zero-order valence-corrected chi connectivity index (χ0v) is 72.4. The molecular weight excluding hydrogens is 1670 g/mol. The molecule has 16 aromatic rings. The third-order valence-corrected chi connectivity index (χ3v) is 25.5. The molecular formula is C99H92N16O12S2. The molecule has 2 aliphatic heterocycles. The van der Waals surface area contributed by atoms with Crippen LogP contribution in [0.25, 0.3) is 61.1 Å². The number of benzene rings is 8. The number of aromatic nitrogens is 11. The summed E-state index contributed by atoms with van der Waals surface area (Å²) in [5.41, 5.74) is 14.8. The monoisotopic (exact) mass is 1760 g/mol. The van der Waals surface area contributed by atoms with E-state index < -0.39 is 31.9 Å². The lowest BCUT2D eigenvalue weighted by Crippen LogP contribution is -2.38. The van der Waals surface area contributed by atoms with Gasteiger partial charge in [0.1, 0.15) is 30.5 Å². The van der Waals surface area contributed by atoms with Gasteiger partial charge >= 0.3 is 0 Å². The van der Waals surface area contributed by atoms with Gasteiger partial charge in [0.25, 0.3) is 37.8 Å². The third-order valence-electron chi connectivity index (χ3n) is 22.2. The molecule has 0 saturated carbocycles. The molecule has 10 heterocycles. The lowest BCUT2D eigenvalue weighted by atomic mass is 10.0. The number of allylic oxidation sites excluding steroid dienone is 1. The van der Waals surface area contributed by atoms with Crippen LogP contribution in [0.4, 0.5) is 11.4 Å². The maximum Gasteiger partial charge on any atom is 0.269 e. The molecule has 19 rings (SSSR count). The maximum absolute atomic E-state index is 13.9. The molecule has 0 bridgehead atoms. The topological polar surface area (TPSA) is 321 Å². The summed E-state index contributed by atoms with van der Waals surface area (Å²) in [4.78, 5) is 58.6. The average molecular weight is 1760 g/mol. The van der Waals surface area contributed by atoms with Crippen molar-refractivity contribution in [3.8, 4) is 50.6 Å². The second kappa shape index (κ2) is 39.4. The lowest BCUT2D eigenvalue weighted by molar-refractivity contribution is 0.0322. The van der Waals surface area contributed by atoms with E-state index in [0.29, 0.717) is 89.3 Å². The Morgan fingerprint density at radius 2 is 0.798 bits per heavy atom. The molecule has 3 amide bonds. The van der Waals surface area contributed by atoms with Crippen LogP contribution in [0.15, 0.2) is 315 Å².